The first-order valence-electron chi connectivity index (χ1n) is 7.39. The Morgan fingerprint density at radius 1 is 1.05 bits per heavy atom. The minimum absolute atomic E-state index is 0.0332. The summed E-state index contributed by atoms with van der Waals surface area (Å²) in [6, 6.07) is -0.420. The van der Waals surface area contributed by atoms with Crippen LogP contribution in [0.5, 0.6) is 0 Å². The van der Waals surface area contributed by atoms with Crippen molar-refractivity contribution in [3.05, 3.63) is 0 Å². The Kier molecular flexibility index (Phi) is 8.42. The molecule has 0 radical (unpaired) electrons. The molecular weight excluding hydrogens is 274 g/mol. The van der Waals surface area contributed by atoms with Crippen molar-refractivity contribution >= 4 is 17.9 Å². The van der Waals surface area contributed by atoms with Crippen LogP contribution in [0, 0.1) is 5.41 Å². The summed E-state index contributed by atoms with van der Waals surface area (Å²) in [5, 5.41) is 14.6. The van der Waals surface area contributed by atoms with E-state index in [0.717, 1.165) is 0 Å². The first kappa shape index (κ1) is 19.2. The number of hydrogen-bond acceptors (Lipinski definition) is 3. The van der Waals surface area contributed by atoms with Gasteiger partial charge in [0.1, 0.15) is 6.54 Å². The molecule has 0 rings (SSSR count). The SMILES string of the molecule is CCNC(=O)CN(CC)C(=O)NCC(CC)(CC)C(=O)O. The number of amides is 3. The number of carboxylic acids is 1. The molecule has 0 spiro atoms. The third kappa shape index (κ3) is 5.61. The number of urea groups is 1. The van der Waals surface area contributed by atoms with Gasteiger partial charge in [0, 0.05) is 19.6 Å². The Labute approximate surface area is 126 Å². The maximum atomic E-state index is 12.1. The van der Waals surface area contributed by atoms with E-state index >= 15 is 0 Å². The highest BCUT2D eigenvalue weighted by Gasteiger charge is 2.35. The minimum Gasteiger partial charge on any atom is -0.481 e. The largest absolute Gasteiger partial charge is 0.481 e. The van der Waals surface area contributed by atoms with E-state index in [1.165, 1.54) is 4.90 Å². The highest BCUT2D eigenvalue weighted by Crippen LogP contribution is 2.25. The van der Waals surface area contributed by atoms with E-state index < -0.39 is 17.4 Å². The van der Waals surface area contributed by atoms with Crippen LogP contribution in [-0.4, -0.2) is 54.1 Å². The van der Waals surface area contributed by atoms with Crippen molar-refractivity contribution in [3.8, 4) is 0 Å². The Balaban J connectivity index is 4.63. The van der Waals surface area contributed by atoms with Crippen LogP contribution in [0.1, 0.15) is 40.5 Å². The quantitative estimate of drug-likeness (QED) is 0.592. The van der Waals surface area contributed by atoms with Crippen molar-refractivity contribution in [1.29, 1.82) is 0 Å². The number of carbonyl (C=O) groups is 3. The van der Waals surface area contributed by atoms with Gasteiger partial charge in [-0.25, -0.2) is 4.79 Å². The fraction of sp³-hybridized carbons (Fsp3) is 0.786. The van der Waals surface area contributed by atoms with Crippen LogP contribution in [0.2, 0.25) is 0 Å². The maximum Gasteiger partial charge on any atom is 0.317 e. The van der Waals surface area contributed by atoms with Gasteiger partial charge in [-0.05, 0) is 26.7 Å². The van der Waals surface area contributed by atoms with Crippen molar-refractivity contribution in [2.24, 2.45) is 5.41 Å². The number of aliphatic carboxylic acids is 1. The molecule has 0 heterocycles. The van der Waals surface area contributed by atoms with Crippen LogP contribution in [-0.2, 0) is 9.59 Å². The highest BCUT2D eigenvalue weighted by atomic mass is 16.4. The summed E-state index contributed by atoms with van der Waals surface area (Å²) < 4.78 is 0. The zero-order valence-electron chi connectivity index (χ0n) is 13.4. The maximum absolute atomic E-state index is 12.1. The zero-order valence-corrected chi connectivity index (χ0v) is 13.4. The van der Waals surface area contributed by atoms with Gasteiger partial charge in [-0.3, -0.25) is 9.59 Å². The van der Waals surface area contributed by atoms with Crippen molar-refractivity contribution < 1.29 is 19.5 Å². The summed E-state index contributed by atoms with van der Waals surface area (Å²) in [4.78, 5) is 36.3. The van der Waals surface area contributed by atoms with Gasteiger partial charge in [-0.15, -0.1) is 0 Å². The summed E-state index contributed by atoms with van der Waals surface area (Å²) in [5.41, 5.74) is -0.958. The van der Waals surface area contributed by atoms with Crippen LogP contribution in [0.25, 0.3) is 0 Å². The third-order valence-electron chi connectivity index (χ3n) is 3.76. The molecule has 0 saturated heterocycles. The molecule has 0 aliphatic heterocycles. The molecule has 7 nitrogen and oxygen atoms in total. The molecule has 0 bridgehead atoms. The first-order chi connectivity index (χ1) is 9.86. The molecule has 0 aliphatic rings. The van der Waals surface area contributed by atoms with Gasteiger partial charge in [-0.2, -0.15) is 0 Å². The van der Waals surface area contributed by atoms with Crippen molar-refractivity contribution in [3.63, 3.8) is 0 Å². The van der Waals surface area contributed by atoms with Gasteiger partial charge >= 0.3 is 12.0 Å². The molecule has 0 aromatic heterocycles. The summed E-state index contributed by atoms with van der Waals surface area (Å²) in [7, 11) is 0. The third-order valence-corrected chi connectivity index (χ3v) is 3.76. The average Bonchev–Trinajstić information content (AvgIpc) is 2.46. The van der Waals surface area contributed by atoms with Gasteiger partial charge in [0.15, 0.2) is 0 Å². The lowest BCUT2D eigenvalue weighted by Crippen LogP contribution is -2.49. The van der Waals surface area contributed by atoms with E-state index in [2.05, 4.69) is 10.6 Å². The van der Waals surface area contributed by atoms with E-state index in [-0.39, 0.29) is 19.0 Å². The van der Waals surface area contributed by atoms with Gasteiger partial charge < -0.3 is 20.6 Å². The second-order valence-corrected chi connectivity index (χ2v) is 4.92. The zero-order chi connectivity index (χ0) is 16.5. The fourth-order valence-corrected chi connectivity index (χ4v) is 1.99. The number of nitrogens with zero attached hydrogens (tertiary/aromatic N) is 1. The smallest absolute Gasteiger partial charge is 0.317 e. The molecule has 3 N–H and O–H groups in total. The fourth-order valence-electron chi connectivity index (χ4n) is 1.99. The van der Waals surface area contributed by atoms with Crippen molar-refractivity contribution in [2.75, 3.05) is 26.2 Å². The molecule has 0 fully saturated rings. The summed E-state index contributed by atoms with van der Waals surface area (Å²) in [6.45, 7) is 8.05. The molecule has 7 heteroatoms. The molecular formula is C14H27N3O4. The summed E-state index contributed by atoms with van der Waals surface area (Å²) >= 11 is 0. The molecule has 0 aliphatic carbocycles. The molecule has 122 valence electrons. The number of carboxylic acid groups (broad SMARTS) is 1. The number of rotatable bonds is 9. The molecule has 3 amide bonds. The Hall–Kier alpha value is -1.79. The van der Waals surface area contributed by atoms with Crippen molar-refractivity contribution in [1.82, 2.24) is 15.5 Å². The van der Waals surface area contributed by atoms with Gasteiger partial charge in [-0.1, -0.05) is 13.8 Å². The molecule has 0 aromatic carbocycles. The Morgan fingerprint density at radius 3 is 2.00 bits per heavy atom. The number of likely N-dealkylation sites (N-methyl/N-ethyl adjacent to an activating group) is 2. The average molecular weight is 301 g/mol. The van der Waals surface area contributed by atoms with E-state index in [9.17, 15) is 19.5 Å². The lowest BCUT2D eigenvalue weighted by molar-refractivity contribution is -0.149. The highest BCUT2D eigenvalue weighted by molar-refractivity contribution is 5.84. The Morgan fingerprint density at radius 2 is 1.62 bits per heavy atom. The van der Waals surface area contributed by atoms with Crippen LogP contribution < -0.4 is 10.6 Å². The predicted octanol–water partition coefficient (Wildman–Crippen LogP) is 1.05. The molecule has 0 unspecified atom stereocenters. The predicted molar refractivity (Wildman–Crippen MR) is 80.0 cm³/mol. The van der Waals surface area contributed by atoms with E-state index in [0.29, 0.717) is 25.9 Å². The van der Waals surface area contributed by atoms with Crippen LogP contribution in [0.3, 0.4) is 0 Å². The van der Waals surface area contributed by atoms with Gasteiger partial charge in [0.25, 0.3) is 0 Å². The second kappa shape index (κ2) is 9.20. The topological polar surface area (TPSA) is 98.7 Å². The van der Waals surface area contributed by atoms with Crippen LogP contribution >= 0.6 is 0 Å². The number of carbonyl (C=O) groups excluding carboxylic acids is 2. The first-order valence-corrected chi connectivity index (χ1v) is 7.39. The molecule has 0 aromatic rings. The van der Waals surface area contributed by atoms with Crippen LogP contribution in [0.15, 0.2) is 0 Å². The van der Waals surface area contributed by atoms with Crippen LogP contribution in [0.4, 0.5) is 4.79 Å². The summed E-state index contributed by atoms with van der Waals surface area (Å²) in [6.07, 6.45) is 0.864. The van der Waals surface area contributed by atoms with Gasteiger partial charge in [0.2, 0.25) is 5.91 Å². The normalized spacial score (nSPS) is 10.9. The number of nitrogens with one attached hydrogen (secondary N) is 2. The monoisotopic (exact) mass is 301 g/mol. The lowest BCUT2D eigenvalue weighted by Gasteiger charge is -2.29. The molecule has 0 atom stereocenters. The van der Waals surface area contributed by atoms with E-state index in [1.54, 1.807) is 27.7 Å². The van der Waals surface area contributed by atoms with E-state index in [4.69, 9.17) is 0 Å². The second-order valence-electron chi connectivity index (χ2n) is 4.92. The summed E-state index contributed by atoms with van der Waals surface area (Å²) in [5.74, 6) is -1.15. The lowest BCUT2D eigenvalue weighted by atomic mass is 9.82. The standard InChI is InChI=1S/C14H27N3O4/c1-5-14(6-2,12(19)20)10-16-13(21)17(8-4)9-11(18)15-7-3/h5-10H2,1-4H3,(H,15,18)(H,16,21)(H,19,20). The minimum atomic E-state index is -0.958. The van der Waals surface area contributed by atoms with E-state index in [1.807, 2.05) is 0 Å². The Bertz CT molecular complexity index is 367. The number of hydrogen-bond donors (Lipinski definition) is 3. The van der Waals surface area contributed by atoms with Gasteiger partial charge in [0.05, 0.1) is 5.41 Å². The van der Waals surface area contributed by atoms with Crippen molar-refractivity contribution in [2.45, 2.75) is 40.5 Å². The molecule has 0 saturated carbocycles. The molecule has 21 heavy (non-hydrogen) atoms.